The maximum atomic E-state index is 12.9. The lowest BCUT2D eigenvalue weighted by Crippen LogP contribution is -2.39. The molecule has 3 aromatic rings. The number of carbonyl (C=O) groups is 2. The zero-order valence-corrected chi connectivity index (χ0v) is 19.4. The van der Waals surface area contributed by atoms with Gasteiger partial charge in [0, 0.05) is 21.8 Å². The molecule has 0 radical (unpaired) electrons. The maximum Gasteiger partial charge on any atom is 0.311 e. The Morgan fingerprint density at radius 3 is 1.94 bits per heavy atom. The number of hydrogen-bond acceptors (Lipinski definition) is 5. The van der Waals surface area contributed by atoms with Crippen molar-refractivity contribution in [2.45, 2.75) is 47.1 Å². The van der Waals surface area contributed by atoms with Gasteiger partial charge in [-0.15, -0.1) is 0 Å². The molecule has 0 aliphatic heterocycles. The van der Waals surface area contributed by atoms with Crippen molar-refractivity contribution >= 4 is 33.7 Å². The standard InChI is InChI=1S/C26H33NO5/c1-5-26(4,24(30)32-17-15-28)18-25(2,3)23(29)31-16-14-27-21-12-8-6-10-19(21)20-11-7-9-13-22(20)27/h6-13,28H,5,14-18H2,1-4H3. The molecule has 0 aliphatic rings. The van der Waals surface area contributed by atoms with Crippen LogP contribution in [0.2, 0.25) is 0 Å². The molecule has 32 heavy (non-hydrogen) atoms. The zero-order chi connectivity index (χ0) is 23.4. The molecule has 1 unspecified atom stereocenters. The number of aliphatic hydroxyl groups is 1. The van der Waals surface area contributed by atoms with Gasteiger partial charge in [0.25, 0.3) is 0 Å². The van der Waals surface area contributed by atoms with Crippen LogP contribution < -0.4 is 0 Å². The molecule has 6 heteroatoms. The summed E-state index contributed by atoms with van der Waals surface area (Å²) in [6.07, 6.45) is 0.824. The lowest BCUT2D eigenvalue weighted by atomic mass is 9.72. The number of aromatic nitrogens is 1. The van der Waals surface area contributed by atoms with E-state index in [9.17, 15) is 9.59 Å². The third-order valence-electron chi connectivity index (χ3n) is 6.21. The van der Waals surface area contributed by atoms with Crippen LogP contribution in [0, 0.1) is 10.8 Å². The zero-order valence-electron chi connectivity index (χ0n) is 19.4. The van der Waals surface area contributed by atoms with Gasteiger partial charge in [0.2, 0.25) is 0 Å². The molecule has 0 saturated heterocycles. The van der Waals surface area contributed by atoms with Gasteiger partial charge in [0.15, 0.2) is 0 Å². The molecule has 1 aromatic heterocycles. The summed E-state index contributed by atoms with van der Waals surface area (Å²) in [5, 5.41) is 11.3. The fourth-order valence-corrected chi connectivity index (χ4v) is 4.37. The Labute approximate surface area is 189 Å². The predicted octanol–water partition coefficient (Wildman–Crippen LogP) is 4.71. The lowest BCUT2D eigenvalue weighted by molar-refractivity contribution is -0.163. The molecule has 0 saturated carbocycles. The number of esters is 2. The summed E-state index contributed by atoms with van der Waals surface area (Å²) in [7, 11) is 0. The predicted molar refractivity (Wildman–Crippen MR) is 125 cm³/mol. The van der Waals surface area contributed by atoms with Crippen molar-refractivity contribution in [3.8, 4) is 0 Å². The Morgan fingerprint density at radius 1 is 0.875 bits per heavy atom. The van der Waals surface area contributed by atoms with E-state index in [-0.39, 0.29) is 25.8 Å². The summed E-state index contributed by atoms with van der Waals surface area (Å²) >= 11 is 0. The quantitative estimate of drug-likeness (QED) is 0.463. The SMILES string of the molecule is CCC(C)(CC(C)(C)C(=O)OCCn1c2ccccc2c2ccccc21)C(=O)OCCO. The van der Waals surface area contributed by atoms with Crippen molar-refractivity contribution in [3.05, 3.63) is 48.5 Å². The van der Waals surface area contributed by atoms with Gasteiger partial charge in [-0.1, -0.05) is 43.3 Å². The Kier molecular flexibility index (Phi) is 7.24. The second kappa shape index (κ2) is 9.74. The topological polar surface area (TPSA) is 77.8 Å². The summed E-state index contributed by atoms with van der Waals surface area (Å²) in [4.78, 5) is 25.4. The number of rotatable bonds is 10. The van der Waals surface area contributed by atoms with Crippen molar-refractivity contribution in [3.63, 3.8) is 0 Å². The first kappa shape index (κ1) is 23.8. The van der Waals surface area contributed by atoms with E-state index in [4.69, 9.17) is 14.6 Å². The second-order valence-corrected chi connectivity index (χ2v) is 9.16. The summed E-state index contributed by atoms with van der Waals surface area (Å²) in [6.45, 7) is 7.79. The van der Waals surface area contributed by atoms with E-state index in [1.807, 2.05) is 31.2 Å². The molecular weight excluding hydrogens is 406 g/mol. The fraction of sp³-hybridized carbons (Fsp3) is 0.462. The minimum Gasteiger partial charge on any atom is -0.463 e. The summed E-state index contributed by atoms with van der Waals surface area (Å²) in [5.41, 5.74) is 0.525. The highest BCUT2D eigenvalue weighted by atomic mass is 16.5. The number of nitrogens with zero attached hydrogens (tertiary/aromatic N) is 1. The Bertz CT molecular complexity index is 1050. The van der Waals surface area contributed by atoms with Gasteiger partial charge < -0.3 is 19.1 Å². The number of fused-ring (bicyclic) bond motifs is 3. The van der Waals surface area contributed by atoms with E-state index in [2.05, 4.69) is 28.8 Å². The first-order valence-corrected chi connectivity index (χ1v) is 11.1. The number of benzene rings is 2. The molecule has 172 valence electrons. The van der Waals surface area contributed by atoms with Crippen molar-refractivity contribution in [1.29, 1.82) is 0 Å². The van der Waals surface area contributed by atoms with Crippen molar-refractivity contribution < 1.29 is 24.2 Å². The number of carbonyl (C=O) groups excluding carboxylic acids is 2. The van der Waals surface area contributed by atoms with E-state index in [0.29, 0.717) is 19.4 Å². The van der Waals surface area contributed by atoms with Crippen LogP contribution in [0.4, 0.5) is 0 Å². The van der Waals surface area contributed by atoms with Gasteiger partial charge in [-0.3, -0.25) is 9.59 Å². The van der Waals surface area contributed by atoms with Gasteiger partial charge in [0.1, 0.15) is 13.2 Å². The third-order valence-corrected chi connectivity index (χ3v) is 6.21. The summed E-state index contributed by atoms with van der Waals surface area (Å²) < 4.78 is 13.0. The van der Waals surface area contributed by atoms with Crippen LogP contribution in [0.25, 0.3) is 21.8 Å². The van der Waals surface area contributed by atoms with Crippen LogP contribution in [0.3, 0.4) is 0 Å². The monoisotopic (exact) mass is 439 g/mol. The normalized spacial score (nSPS) is 13.8. The largest absolute Gasteiger partial charge is 0.463 e. The number of aliphatic hydroxyl groups excluding tert-OH is 1. The molecule has 0 amide bonds. The third kappa shape index (κ3) is 4.80. The fourth-order valence-electron chi connectivity index (χ4n) is 4.37. The highest BCUT2D eigenvalue weighted by molar-refractivity contribution is 6.07. The van der Waals surface area contributed by atoms with Crippen molar-refractivity contribution in [2.24, 2.45) is 10.8 Å². The molecule has 3 rings (SSSR count). The molecule has 0 fully saturated rings. The molecule has 0 spiro atoms. The van der Waals surface area contributed by atoms with E-state index < -0.39 is 16.8 Å². The van der Waals surface area contributed by atoms with Gasteiger partial charge in [-0.2, -0.15) is 0 Å². The van der Waals surface area contributed by atoms with Crippen molar-refractivity contribution in [2.75, 3.05) is 19.8 Å². The average molecular weight is 440 g/mol. The molecule has 0 aliphatic carbocycles. The Hall–Kier alpha value is -2.86. The Morgan fingerprint density at radius 2 is 1.41 bits per heavy atom. The van der Waals surface area contributed by atoms with E-state index in [1.165, 1.54) is 10.8 Å². The highest BCUT2D eigenvalue weighted by Crippen LogP contribution is 2.38. The first-order chi connectivity index (χ1) is 15.2. The molecule has 1 atom stereocenters. The van der Waals surface area contributed by atoms with Gasteiger partial charge >= 0.3 is 11.9 Å². The second-order valence-electron chi connectivity index (χ2n) is 9.16. The molecule has 1 N–H and O–H groups in total. The summed E-state index contributed by atoms with van der Waals surface area (Å²) in [5.74, 6) is -0.742. The van der Waals surface area contributed by atoms with E-state index >= 15 is 0 Å². The maximum absolute atomic E-state index is 12.9. The molecule has 1 heterocycles. The highest BCUT2D eigenvalue weighted by Gasteiger charge is 2.42. The van der Waals surface area contributed by atoms with Gasteiger partial charge in [0.05, 0.1) is 24.0 Å². The minimum atomic E-state index is -0.857. The number of ether oxygens (including phenoxy) is 2. The smallest absolute Gasteiger partial charge is 0.311 e. The first-order valence-electron chi connectivity index (χ1n) is 11.1. The molecule has 6 nitrogen and oxygen atoms in total. The molecule has 2 aromatic carbocycles. The van der Waals surface area contributed by atoms with Gasteiger partial charge in [-0.25, -0.2) is 0 Å². The van der Waals surface area contributed by atoms with Crippen LogP contribution in [0.5, 0.6) is 0 Å². The van der Waals surface area contributed by atoms with Crippen molar-refractivity contribution in [1.82, 2.24) is 4.57 Å². The van der Waals surface area contributed by atoms with Crippen LogP contribution >= 0.6 is 0 Å². The van der Waals surface area contributed by atoms with Crippen LogP contribution in [-0.4, -0.2) is 41.4 Å². The lowest BCUT2D eigenvalue weighted by Gasteiger charge is -2.33. The minimum absolute atomic E-state index is 0.0436. The van der Waals surface area contributed by atoms with Gasteiger partial charge in [-0.05, 0) is 45.7 Å². The van der Waals surface area contributed by atoms with E-state index in [1.54, 1.807) is 20.8 Å². The average Bonchev–Trinajstić information content (AvgIpc) is 3.11. The number of hydrogen-bond donors (Lipinski definition) is 1. The summed E-state index contributed by atoms with van der Waals surface area (Å²) in [6, 6.07) is 16.4. The van der Waals surface area contributed by atoms with Crippen LogP contribution in [0.15, 0.2) is 48.5 Å². The van der Waals surface area contributed by atoms with E-state index in [0.717, 1.165) is 11.0 Å². The van der Waals surface area contributed by atoms with Crippen LogP contribution in [0.1, 0.15) is 40.5 Å². The Balaban J connectivity index is 1.69. The van der Waals surface area contributed by atoms with Crippen LogP contribution in [-0.2, 0) is 25.6 Å². The molecule has 0 bridgehead atoms. The molecular formula is C26H33NO5. The number of para-hydroxylation sites is 2.